The summed E-state index contributed by atoms with van der Waals surface area (Å²) in [5.74, 6) is 0.225. The second kappa shape index (κ2) is 9.59. The summed E-state index contributed by atoms with van der Waals surface area (Å²) in [6.07, 6.45) is -2.19. The summed E-state index contributed by atoms with van der Waals surface area (Å²) in [6, 6.07) is 6.75. The minimum absolute atomic E-state index is 0.225. The second-order valence-electron chi connectivity index (χ2n) is 7.72. The van der Waals surface area contributed by atoms with Crippen LogP contribution in [0.2, 0.25) is 0 Å². The van der Waals surface area contributed by atoms with Crippen molar-refractivity contribution in [1.29, 1.82) is 0 Å². The summed E-state index contributed by atoms with van der Waals surface area (Å²) in [5, 5.41) is 0. The van der Waals surface area contributed by atoms with Gasteiger partial charge in [-0.3, -0.25) is 14.3 Å². The summed E-state index contributed by atoms with van der Waals surface area (Å²) in [4.78, 5) is 28.7. The molecule has 7 nitrogen and oxygen atoms in total. The van der Waals surface area contributed by atoms with Gasteiger partial charge in [0.1, 0.15) is 5.75 Å². The van der Waals surface area contributed by atoms with Crippen molar-refractivity contribution in [2.45, 2.75) is 26.1 Å². The van der Waals surface area contributed by atoms with Crippen LogP contribution in [0.1, 0.15) is 12.0 Å². The van der Waals surface area contributed by atoms with Gasteiger partial charge in [-0.25, -0.2) is 4.79 Å². The largest absolute Gasteiger partial charge is 0.482 e. The first-order valence-corrected chi connectivity index (χ1v) is 10.2. The number of aromatic nitrogens is 2. The highest BCUT2D eigenvalue weighted by molar-refractivity contribution is 5.58. The van der Waals surface area contributed by atoms with Crippen LogP contribution < -0.4 is 20.9 Å². The summed E-state index contributed by atoms with van der Waals surface area (Å²) in [7, 11) is 1.63. The van der Waals surface area contributed by atoms with Gasteiger partial charge >= 0.3 is 11.9 Å². The number of piperazine rings is 1. The van der Waals surface area contributed by atoms with Crippen molar-refractivity contribution in [2.75, 3.05) is 44.2 Å². The minimum Gasteiger partial charge on any atom is -0.482 e. The molecule has 0 spiro atoms. The monoisotopic (exact) mass is 440 g/mol. The molecule has 0 bridgehead atoms. The van der Waals surface area contributed by atoms with Crippen molar-refractivity contribution in [2.24, 2.45) is 7.05 Å². The zero-order valence-electron chi connectivity index (χ0n) is 17.7. The maximum atomic E-state index is 12.5. The van der Waals surface area contributed by atoms with Crippen LogP contribution in [0, 0.1) is 6.92 Å². The van der Waals surface area contributed by atoms with Crippen molar-refractivity contribution < 1.29 is 17.9 Å². The molecule has 1 aromatic heterocycles. The smallest absolute Gasteiger partial charge is 0.422 e. The summed E-state index contributed by atoms with van der Waals surface area (Å²) >= 11 is 0. The van der Waals surface area contributed by atoms with Crippen LogP contribution in [0.15, 0.2) is 40.1 Å². The van der Waals surface area contributed by atoms with Gasteiger partial charge in [-0.15, -0.1) is 0 Å². The lowest BCUT2D eigenvalue weighted by Gasteiger charge is -2.36. The number of alkyl halides is 3. The van der Waals surface area contributed by atoms with E-state index in [1.165, 1.54) is 15.3 Å². The maximum Gasteiger partial charge on any atom is 0.422 e. The van der Waals surface area contributed by atoms with Crippen molar-refractivity contribution in [3.05, 3.63) is 56.9 Å². The highest BCUT2D eigenvalue weighted by Gasteiger charge is 2.29. The Balaban J connectivity index is 1.53. The van der Waals surface area contributed by atoms with Gasteiger partial charge in [-0.1, -0.05) is 12.1 Å². The number of aryl methyl sites for hydroxylation is 2. The van der Waals surface area contributed by atoms with E-state index in [0.29, 0.717) is 37.3 Å². The first-order valence-electron chi connectivity index (χ1n) is 10.2. The molecular weight excluding hydrogens is 413 g/mol. The Morgan fingerprint density at radius 1 is 1.03 bits per heavy atom. The van der Waals surface area contributed by atoms with Crippen LogP contribution in [-0.2, 0) is 13.6 Å². The first-order chi connectivity index (χ1) is 14.7. The number of hydrogen-bond acceptors (Lipinski definition) is 5. The molecule has 1 saturated heterocycles. The molecule has 0 unspecified atom stereocenters. The number of ether oxygens (including phenoxy) is 1. The van der Waals surface area contributed by atoms with Crippen molar-refractivity contribution in [1.82, 2.24) is 14.0 Å². The molecule has 2 aromatic rings. The Labute approximate surface area is 178 Å². The fourth-order valence-corrected chi connectivity index (χ4v) is 3.75. The SMILES string of the molecule is Cc1cn(C)c(=O)n(CCCN2CCN(c3ccccc3OCC(F)(F)F)CC2)c1=O. The van der Waals surface area contributed by atoms with Crippen molar-refractivity contribution >= 4 is 5.69 Å². The van der Waals surface area contributed by atoms with Crippen LogP contribution in [0.4, 0.5) is 18.9 Å². The van der Waals surface area contributed by atoms with E-state index in [0.717, 1.165) is 19.6 Å². The number of rotatable bonds is 7. The molecule has 0 atom stereocenters. The number of benzene rings is 1. The number of halogens is 3. The van der Waals surface area contributed by atoms with E-state index in [9.17, 15) is 22.8 Å². The maximum absolute atomic E-state index is 12.5. The molecule has 10 heteroatoms. The molecule has 0 amide bonds. The van der Waals surface area contributed by atoms with Gasteiger partial charge in [0.2, 0.25) is 0 Å². The molecule has 170 valence electrons. The highest BCUT2D eigenvalue weighted by Crippen LogP contribution is 2.30. The molecule has 3 rings (SSSR count). The molecule has 0 saturated carbocycles. The fourth-order valence-electron chi connectivity index (χ4n) is 3.75. The fraction of sp³-hybridized carbons (Fsp3) is 0.524. The molecule has 1 aliphatic rings. The van der Waals surface area contributed by atoms with Crippen LogP contribution in [0.3, 0.4) is 0 Å². The molecule has 2 heterocycles. The zero-order valence-corrected chi connectivity index (χ0v) is 17.7. The third-order valence-electron chi connectivity index (χ3n) is 5.33. The molecule has 0 aliphatic carbocycles. The lowest BCUT2D eigenvalue weighted by molar-refractivity contribution is -0.153. The Kier molecular flexibility index (Phi) is 7.09. The van der Waals surface area contributed by atoms with Gasteiger partial charge in [0.05, 0.1) is 5.69 Å². The number of para-hydroxylation sites is 2. The molecular formula is C21H27F3N4O3. The van der Waals surface area contributed by atoms with E-state index in [2.05, 4.69) is 4.90 Å². The average Bonchev–Trinajstić information content (AvgIpc) is 2.73. The molecule has 1 aliphatic heterocycles. The van der Waals surface area contributed by atoms with Gasteiger partial charge in [-0.2, -0.15) is 13.2 Å². The van der Waals surface area contributed by atoms with Gasteiger partial charge < -0.3 is 14.2 Å². The van der Waals surface area contributed by atoms with Gasteiger partial charge in [-0.05, 0) is 32.0 Å². The third-order valence-corrected chi connectivity index (χ3v) is 5.33. The Morgan fingerprint density at radius 2 is 1.71 bits per heavy atom. The van der Waals surface area contributed by atoms with Crippen LogP contribution in [0.5, 0.6) is 5.75 Å². The zero-order chi connectivity index (χ0) is 22.6. The first kappa shape index (κ1) is 22.9. The van der Waals surface area contributed by atoms with Crippen molar-refractivity contribution in [3.63, 3.8) is 0 Å². The normalized spacial score (nSPS) is 15.3. The van der Waals surface area contributed by atoms with E-state index in [1.807, 2.05) is 4.90 Å². The average molecular weight is 440 g/mol. The quantitative estimate of drug-likeness (QED) is 0.659. The Morgan fingerprint density at radius 3 is 2.39 bits per heavy atom. The molecule has 1 aromatic carbocycles. The van der Waals surface area contributed by atoms with Gasteiger partial charge in [0, 0.05) is 51.5 Å². The highest BCUT2D eigenvalue weighted by atomic mass is 19.4. The van der Waals surface area contributed by atoms with E-state index >= 15 is 0 Å². The molecule has 0 radical (unpaired) electrons. The third kappa shape index (κ3) is 5.90. The molecule has 31 heavy (non-hydrogen) atoms. The Bertz CT molecular complexity index is 974. The van der Waals surface area contributed by atoms with E-state index in [1.54, 1.807) is 38.2 Å². The minimum atomic E-state index is -4.38. The predicted octanol–water partition coefficient (Wildman–Crippen LogP) is 2.01. The summed E-state index contributed by atoms with van der Waals surface area (Å²) < 4.78 is 45.2. The number of anilines is 1. The summed E-state index contributed by atoms with van der Waals surface area (Å²) in [6.45, 7) is 4.21. The van der Waals surface area contributed by atoms with Crippen LogP contribution in [0.25, 0.3) is 0 Å². The molecule has 1 fully saturated rings. The van der Waals surface area contributed by atoms with Crippen molar-refractivity contribution in [3.8, 4) is 5.75 Å². The Hall–Kier alpha value is -2.75. The standard InChI is InChI=1S/C21H27F3N4O3/c1-16-14-25(2)20(30)28(19(16)29)9-5-8-26-10-12-27(13-11-26)17-6-3-4-7-18(17)31-15-21(22,23)24/h3-4,6-7,14H,5,8-13,15H2,1-2H3. The lowest BCUT2D eigenvalue weighted by atomic mass is 10.2. The number of hydrogen-bond donors (Lipinski definition) is 0. The van der Waals surface area contributed by atoms with E-state index in [-0.39, 0.29) is 17.0 Å². The van der Waals surface area contributed by atoms with Gasteiger partial charge in [0.15, 0.2) is 6.61 Å². The second-order valence-corrected chi connectivity index (χ2v) is 7.72. The molecule has 0 N–H and O–H groups in total. The number of nitrogens with zero attached hydrogens (tertiary/aromatic N) is 4. The summed E-state index contributed by atoms with van der Waals surface area (Å²) in [5.41, 5.74) is 0.600. The van der Waals surface area contributed by atoms with Crippen LogP contribution in [-0.4, -0.2) is 59.5 Å². The van der Waals surface area contributed by atoms with Crippen LogP contribution >= 0.6 is 0 Å². The van der Waals surface area contributed by atoms with Gasteiger partial charge in [0.25, 0.3) is 5.56 Å². The topological polar surface area (TPSA) is 59.7 Å². The predicted molar refractivity (Wildman–Crippen MR) is 112 cm³/mol. The lowest BCUT2D eigenvalue weighted by Crippen LogP contribution is -2.47. The van der Waals surface area contributed by atoms with E-state index < -0.39 is 12.8 Å². The van der Waals surface area contributed by atoms with E-state index in [4.69, 9.17) is 4.74 Å².